The molecule has 0 saturated carbocycles. The third kappa shape index (κ3) is 3.35. The second-order valence-corrected chi connectivity index (χ2v) is 3.80. The number of nitrogens with zero attached hydrogens (tertiary/aromatic N) is 2. The Balaban J connectivity index is 2.83. The van der Waals surface area contributed by atoms with Crippen LogP contribution in [0.25, 0.3) is 0 Å². The lowest BCUT2D eigenvalue weighted by Gasteiger charge is -2.20. The van der Waals surface area contributed by atoms with Crippen LogP contribution in [-0.2, 0) is 11.8 Å². The van der Waals surface area contributed by atoms with Gasteiger partial charge in [-0.1, -0.05) is 6.08 Å². The molecule has 2 N–H and O–H groups in total. The first-order chi connectivity index (χ1) is 8.10. The van der Waals surface area contributed by atoms with Gasteiger partial charge < -0.3 is 19.9 Å². The summed E-state index contributed by atoms with van der Waals surface area (Å²) < 4.78 is 6.70. The van der Waals surface area contributed by atoms with Crippen molar-refractivity contribution >= 4 is 11.6 Å². The molecule has 0 aliphatic carbocycles. The number of ether oxygens (including phenoxy) is 1. The topological polar surface area (TPSA) is 60.5 Å². The normalized spacial score (nSPS) is 10.2. The Labute approximate surface area is 101 Å². The Morgan fingerprint density at radius 1 is 1.71 bits per heavy atom. The highest BCUT2D eigenvalue weighted by Crippen LogP contribution is 2.11. The Morgan fingerprint density at radius 2 is 2.41 bits per heavy atom. The van der Waals surface area contributed by atoms with Crippen molar-refractivity contribution in [3.05, 3.63) is 30.6 Å². The molecule has 17 heavy (non-hydrogen) atoms. The summed E-state index contributed by atoms with van der Waals surface area (Å²) in [6, 6.07) is 1.67. The Bertz CT molecular complexity index is 398. The van der Waals surface area contributed by atoms with E-state index in [-0.39, 0.29) is 5.91 Å². The number of hydrogen-bond acceptors (Lipinski definition) is 3. The summed E-state index contributed by atoms with van der Waals surface area (Å²) in [5.41, 5.74) is 6.81. The third-order valence-corrected chi connectivity index (χ3v) is 2.45. The van der Waals surface area contributed by atoms with Crippen LogP contribution in [0.4, 0.5) is 5.69 Å². The van der Waals surface area contributed by atoms with E-state index in [1.54, 1.807) is 42.0 Å². The monoisotopic (exact) mass is 237 g/mol. The van der Waals surface area contributed by atoms with Gasteiger partial charge in [0.25, 0.3) is 5.91 Å². The molecule has 0 fully saturated rings. The molecular weight excluding hydrogens is 218 g/mol. The summed E-state index contributed by atoms with van der Waals surface area (Å²) in [4.78, 5) is 13.9. The minimum absolute atomic E-state index is 0.0684. The summed E-state index contributed by atoms with van der Waals surface area (Å²) >= 11 is 0. The summed E-state index contributed by atoms with van der Waals surface area (Å²) in [7, 11) is 3.41. The summed E-state index contributed by atoms with van der Waals surface area (Å²) in [6.07, 6.45) is 3.41. The number of aromatic nitrogens is 1. The van der Waals surface area contributed by atoms with E-state index in [1.165, 1.54) is 0 Å². The lowest BCUT2D eigenvalue weighted by molar-refractivity contribution is 0.0709. The molecular formula is C12H19N3O2. The van der Waals surface area contributed by atoms with Crippen molar-refractivity contribution in [1.29, 1.82) is 0 Å². The fourth-order valence-electron chi connectivity index (χ4n) is 1.60. The van der Waals surface area contributed by atoms with Crippen molar-refractivity contribution in [3.8, 4) is 0 Å². The highest BCUT2D eigenvalue weighted by atomic mass is 16.5. The van der Waals surface area contributed by atoms with Crippen LogP contribution in [0.3, 0.4) is 0 Å². The first kappa shape index (κ1) is 13.3. The van der Waals surface area contributed by atoms with E-state index in [0.29, 0.717) is 31.1 Å². The van der Waals surface area contributed by atoms with Crippen LogP contribution < -0.4 is 5.73 Å². The second kappa shape index (κ2) is 6.10. The molecule has 0 radical (unpaired) electrons. The first-order valence-corrected chi connectivity index (χ1v) is 5.41. The van der Waals surface area contributed by atoms with E-state index < -0.39 is 0 Å². The van der Waals surface area contributed by atoms with Gasteiger partial charge in [-0.3, -0.25) is 4.79 Å². The van der Waals surface area contributed by atoms with Crippen LogP contribution in [0, 0.1) is 0 Å². The minimum atomic E-state index is -0.0684. The molecule has 0 aromatic carbocycles. The summed E-state index contributed by atoms with van der Waals surface area (Å²) in [5.74, 6) is -0.0684. The van der Waals surface area contributed by atoms with Gasteiger partial charge in [-0.05, 0) is 6.07 Å². The Morgan fingerprint density at radius 3 is 2.88 bits per heavy atom. The van der Waals surface area contributed by atoms with E-state index in [0.717, 1.165) is 0 Å². The maximum atomic E-state index is 12.2. The van der Waals surface area contributed by atoms with Crippen molar-refractivity contribution in [2.75, 3.05) is 32.5 Å². The fourth-order valence-corrected chi connectivity index (χ4v) is 1.60. The standard InChI is InChI=1S/C12H19N3O2/c1-4-5-15(6-7-17-3)12(16)11-8-10(13)9-14(11)2/h4,8-9H,1,5-7,13H2,2-3H3. The van der Waals surface area contributed by atoms with Crippen molar-refractivity contribution in [2.45, 2.75) is 0 Å². The average Bonchev–Trinajstić information content (AvgIpc) is 2.63. The van der Waals surface area contributed by atoms with E-state index in [9.17, 15) is 4.79 Å². The fraction of sp³-hybridized carbons (Fsp3) is 0.417. The highest BCUT2D eigenvalue weighted by molar-refractivity contribution is 5.93. The number of methoxy groups -OCH3 is 1. The number of hydrogen-bond donors (Lipinski definition) is 1. The number of carbonyl (C=O) groups excluding carboxylic acids is 1. The summed E-state index contributed by atoms with van der Waals surface area (Å²) in [6.45, 7) is 5.17. The highest BCUT2D eigenvalue weighted by Gasteiger charge is 2.17. The molecule has 0 bridgehead atoms. The van der Waals surface area contributed by atoms with Crippen LogP contribution in [0.5, 0.6) is 0 Å². The molecule has 0 aliphatic rings. The van der Waals surface area contributed by atoms with Crippen molar-refractivity contribution in [2.24, 2.45) is 7.05 Å². The van der Waals surface area contributed by atoms with Gasteiger partial charge in [0.05, 0.1) is 12.3 Å². The van der Waals surface area contributed by atoms with Crippen molar-refractivity contribution in [3.63, 3.8) is 0 Å². The molecule has 1 aromatic rings. The molecule has 0 spiro atoms. The van der Waals surface area contributed by atoms with E-state index >= 15 is 0 Å². The van der Waals surface area contributed by atoms with Gasteiger partial charge in [-0.25, -0.2) is 0 Å². The second-order valence-electron chi connectivity index (χ2n) is 3.80. The van der Waals surface area contributed by atoms with E-state index in [2.05, 4.69) is 6.58 Å². The Kier molecular flexibility index (Phi) is 4.78. The van der Waals surface area contributed by atoms with Crippen LogP contribution in [0.15, 0.2) is 24.9 Å². The largest absolute Gasteiger partial charge is 0.397 e. The summed E-state index contributed by atoms with van der Waals surface area (Å²) in [5, 5.41) is 0. The van der Waals surface area contributed by atoms with Crippen LogP contribution >= 0.6 is 0 Å². The zero-order valence-corrected chi connectivity index (χ0v) is 10.3. The zero-order valence-electron chi connectivity index (χ0n) is 10.3. The minimum Gasteiger partial charge on any atom is -0.397 e. The molecule has 0 saturated heterocycles. The number of rotatable bonds is 6. The van der Waals surface area contributed by atoms with Crippen LogP contribution in [0.2, 0.25) is 0 Å². The Hall–Kier alpha value is -1.75. The number of nitrogen functional groups attached to an aromatic ring is 1. The smallest absolute Gasteiger partial charge is 0.270 e. The van der Waals surface area contributed by atoms with E-state index in [1.807, 2.05) is 0 Å². The predicted molar refractivity (Wildman–Crippen MR) is 67.8 cm³/mol. The molecule has 5 heteroatoms. The third-order valence-electron chi connectivity index (χ3n) is 2.45. The van der Waals surface area contributed by atoms with Gasteiger partial charge in [0.1, 0.15) is 5.69 Å². The lowest BCUT2D eigenvalue weighted by atomic mass is 10.3. The van der Waals surface area contributed by atoms with Gasteiger partial charge in [-0.2, -0.15) is 0 Å². The molecule has 94 valence electrons. The van der Waals surface area contributed by atoms with Crippen molar-refractivity contribution < 1.29 is 9.53 Å². The maximum Gasteiger partial charge on any atom is 0.270 e. The molecule has 1 amide bonds. The molecule has 5 nitrogen and oxygen atoms in total. The maximum absolute atomic E-state index is 12.2. The SMILES string of the molecule is C=CCN(CCOC)C(=O)c1cc(N)cn1C. The first-order valence-electron chi connectivity index (χ1n) is 5.41. The predicted octanol–water partition coefficient (Wildman–Crippen LogP) is 0.882. The number of anilines is 1. The average molecular weight is 237 g/mol. The molecule has 0 aliphatic heterocycles. The van der Waals surface area contributed by atoms with Gasteiger partial charge >= 0.3 is 0 Å². The van der Waals surface area contributed by atoms with Gasteiger partial charge in [0.2, 0.25) is 0 Å². The zero-order chi connectivity index (χ0) is 12.8. The molecule has 1 rings (SSSR count). The number of nitrogens with two attached hydrogens (primary N) is 1. The van der Waals surface area contributed by atoms with Gasteiger partial charge in [-0.15, -0.1) is 6.58 Å². The lowest BCUT2D eigenvalue weighted by Crippen LogP contribution is -2.35. The number of aryl methyl sites for hydroxylation is 1. The van der Waals surface area contributed by atoms with Crippen LogP contribution in [-0.4, -0.2) is 42.2 Å². The molecule has 0 atom stereocenters. The molecule has 1 heterocycles. The number of carbonyl (C=O) groups is 1. The van der Waals surface area contributed by atoms with Crippen LogP contribution in [0.1, 0.15) is 10.5 Å². The molecule has 1 aromatic heterocycles. The van der Waals surface area contributed by atoms with Crippen molar-refractivity contribution in [1.82, 2.24) is 9.47 Å². The van der Waals surface area contributed by atoms with Gasteiger partial charge in [0, 0.05) is 33.4 Å². The quantitative estimate of drug-likeness (QED) is 0.747. The van der Waals surface area contributed by atoms with Gasteiger partial charge in [0.15, 0.2) is 0 Å². The number of amides is 1. The molecule has 0 unspecified atom stereocenters. The van der Waals surface area contributed by atoms with E-state index in [4.69, 9.17) is 10.5 Å².